The summed E-state index contributed by atoms with van der Waals surface area (Å²) >= 11 is 6.64. The van der Waals surface area contributed by atoms with Gasteiger partial charge >= 0.3 is 0 Å². The summed E-state index contributed by atoms with van der Waals surface area (Å²) in [6, 6.07) is 7.31. The molecule has 0 aliphatic carbocycles. The zero-order chi connectivity index (χ0) is 23.2. The van der Waals surface area contributed by atoms with Gasteiger partial charge in [0, 0.05) is 24.0 Å². The highest BCUT2D eigenvalue weighted by Crippen LogP contribution is 2.22. The van der Waals surface area contributed by atoms with Crippen molar-refractivity contribution < 1.29 is 19.1 Å². The molecular weight excluding hydrogens is 466 g/mol. The average Bonchev–Trinajstić information content (AvgIpc) is 3.47. The van der Waals surface area contributed by atoms with Crippen molar-refractivity contribution in [2.75, 3.05) is 37.8 Å². The molecule has 1 aromatic carbocycles. The van der Waals surface area contributed by atoms with E-state index < -0.39 is 11.8 Å². The van der Waals surface area contributed by atoms with Crippen LogP contribution in [0.3, 0.4) is 0 Å². The van der Waals surface area contributed by atoms with Crippen LogP contribution in [-0.4, -0.2) is 64.5 Å². The molecule has 2 aromatic heterocycles. The maximum atomic E-state index is 12.5. The van der Waals surface area contributed by atoms with E-state index >= 15 is 0 Å². The molecule has 3 N–H and O–H groups in total. The SMILES string of the molecule is CCOc1ccc(-c2n[nH]c(=S)n2CC(=O)NNC(=O)c2csc(N3CCOCC3)n2)cc1. The van der Waals surface area contributed by atoms with Gasteiger partial charge in [0.2, 0.25) is 0 Å². The lowest BCUT2D eigenvalue weighted by Gasteiger charge is -2.25. The summed E-state index contributed by atoms with van der Waals surface area (Å²) in [4.78, 5) is 31.3. The highest BCUT2D eigenvalue weighted by atomic mass is 32.1. The number of H-pyrrole nitrogens is 1. The summed E-state index contributed by atoms with van der Waals surface area (Å²) in [5, 5.41) is 9.33. The van der Waals surface area contributed by atoms with Crippen molar-refractivity contribution in [3.05, 3.63) is 40.1 Å². The van der Waals surface area contributed by atoms with Crippen LogP contribution in [0.1, 0.15) is 17.4 Å². The van der Waals surface area contributed by atoms with Gasteiger partial charge in [0.1, 0.15) is 18.0 Å². The van der Waals surface area contributed by atoms with E-state index in [2.05, 4.69) is 30.9 Å². The van der Waals surface area contributed by atoms with Crippen LogP contribution in [0.4, 0.5) is 5.13 Å². The summed E-state index contributed by atoms with van der Waals surface area (Å²) in [6.07, 6.45) is 0. The van der Waals surface area contributed by atoms with Gasteiger partial charge in [-0.1, -0.05) is 0 Å². The first-order valence-electron chi connectivity index (χ1n) is 10.3. The maximum absolute atomic E-state index is 12.5. The fourth-order valence-corrected chi connectivity index (χ4v) is 4.25. The molecule has 174 valence electrons. The largest absolute Gasteiger partial charge is 0.494 e. The summed E-state index contributed by atoms with van der Waals surface area (Å²) < 4.78 is 12.6. The number of anilines is 1. The predicted octanol–water partition coefficient (Wildman–Crippen LogP) is 1.76. The van der Waals surface area contributed by atoms with Gasteiger partial charge in [0.05, 0.1) is 19.8 Å². The lowest BCUT2D eigenvalue weighted by atomic mass is 10.2. The molecule has 3 aromatic rings. The first-order valence-corrected chi connectivity index (χ1v) is 11.6. The number of thiazole rings is 1. The van der Waals surface area contributed by atoms with Crippen molar-refractivity contribution in [3.8, 4) is 17.1 Å². The number of nitrogens with zero attached hydrogens (tertiary/aromatic N) is 4. The summed E-state index contributed by atoms with van der Waals surface area (Å²) in [5.74, 6) is 0.277. The van der Waals surface area contributed by atoms with Crippen LogP contribution >= 0.6 is 23.6 Å². The van der Waals surface area contributed by atoms with Crippen LogP contribution in [0.5, 0.6) is 5.75 Å². The molecule has 0 radical (unpaired) electrons. The number of rotatable bonds is 7. The van der Waals surface area contributed by atoms with Crippen molar-refractivity contribution in [2.24, 2.45) is 0 Å². The van der Waals surface area contributed by atoms with Crippen molar-refractivity contribution in [2.45, 2.75) is 13.5 Å². The Hall–Kier alpha value is -3.29. The van der Waals surface area contributed by atoms with Gasteiger partial charge in [-0.25, -0.2) is 4.98 Å². The Kier molecular flexibility index (Phi) is 7.32. The number of hydrogen-bond acceptors (Lipinski definition) is 9. The van der Waals surface area contributed by atoms with Crippen LogP contribution in [0.2, 0.25) is 0 Å². The van der Waals surface area contributed by atoms with E-state index in [1.165, 1.54) is 11.3 Å². The fourth-order valence-electron chi connectivity index (χ4n) is 3.19. The molecule has 1 aliphatic rings. The monoisotopic (exact) mass is 489 g/mol. The van der Waals surface area contributed by atoms with Crippen LogP contribution < -0.4 is 20.5 Å². The fraction of sp³-hybridized carbons (Fsp3) is 0.350. The van der Waals surface area contributed by atoms with Gasteiger partial charge in [-0.3, -0.25) is 30.1 Å². The molecular formula is C20H23N7O4S2. The zero-order valence-electron chi connectivity index (χ0n) is 17.9. The van der Waals surface area contributed by atoms with Crippen molar-refractivity contribution in [3.63, 3.8) is 0 Å². The summed E-state index contributed by atoms with van der Waals surface area (Å²) in [6.45, 7) is 5.07. The van der Waals surface area contributed by atoms with Crippen LogP contribution in [-0.2, 0) is 16.1 Å². The molecule has 1 fully saturated rings. The third-order valence-corrected chi connectivity index (χ3v) is 6.02. The quantitative estimate of drug-likeness (QED) is 0.339. The molecule has 0 spiro atoms. The molecule has 33 heavy (non-hydrogen) atoms. The smallest absolute Gasteiger partial charge is 0.289 e. The lowest BCUT2D eigenvalue weighted by Crippen LogP contribution is -2.43. The highest BCUT2D eigenvalue weighted by Gasteiger charge is 2.18. The molecule has 2 amide bonds. The van der Waals surface area contributed by atoms with E-state index in [9.17, 15) is 9.59 Å². The number of benzene rings is 1. The number of ether oxygens (including phenoxy) is 2. The topological polar surface area (TPSA) is 126 Å². The lowest BCUT2D eigenvalue weighted by molar-refractivity contribution is -0.122. The first-order chi connectivity index (χ1) is 16.0. The minimum Gasteiger partial charge on any atom is -0.494 e. The molecule has 1 aliphatic heterocycles. The van der Waals surface area contributed by atoms with Crippen molar-refractivity contribution >= 4 is 40.5 Å². The number of morpholine rings is 1. The van der Waals surface area contributed by atoms with Crippen LogP contribution in [0, 0.1) is 4.77 Å². The van der Waals surface area contributed by atoms with Gasteiger partial charge < -0.3 is 14.4 Å². The molecule has 0 bridgehead atoms. The normalized spacial score (nSPS) is 13.5. The third-order valence-electron chi connectivity index (χ3n) is 4.81. The number of hydrogen-bond donors (Lipinski definition) is 3. The predicted molar refractivity (Wildman–Crippen MR) is 125 cm³/mol. The second kappa shape index (κ2) is 10.6. The van der Waals surface area contributed by atoms with Crippen LogP contribution in [0.25, 0.3) is 11.4 Å². The van der Waals surface area contributed by atoms with E-state index in [0.717, 1.165) is 29.5 Å². The van der Waals surface area contributed by atoms with Crippen LogP contribution in [0.15, 0.2) is 29.6 Å². The molecule has 13 heteroatoms. The molecule has 4 rings (SSSR count). The highest BCUT2D eigenvalue weighted by molar-refractivity contribution is 7.71. The number of carbonyl (C=O) groups excluding carboxylic acids is 2. The number of hydrazine groups is 1. The maximum Gasteiger partial charge on any atom is 0.289 e. The zero-order valence-corrected chi connectivity index (χ0v) is 19.5. The van der Waals surface area contributed by atoms with E-state index in [1.807, 2.05) is 31.2 Å². The Labute approximate surface area is 198 Å². The van der Waals surface area contributed by atoms with Gasteiger partial charge in [0.15, 0.2) is 15.7 Å². The number of carbonyl (C=O) groups is 2. The Balaban J connectivity index is 1.35. The average molecular weight is 490 g/mol. The number of nitrogens with one attached hydrogen (secondary N) is 3. The summed E-state index contributed by atoms with van der Waals surface area (Å²) in [5.41, 5.74) is 5.80. The molecule has 1 saturated heterocycles. The van der Waals surface area contributed by atoms with E-state index in [1.54, 1.807) is 9.95 Å². The van der Waals surface area contributed by atoms with Crippen molar-refractivity contribution in [1.82, 2.24) is 30.6 Å². The van der Waals surface area contributed by atoms with E-state index in [0.29, 0.717) is 25.6 Å². The number of aromatic amines is 1. The van der Waals surface area contributed by atoms with Gasteiger partial charge in [-0.15, -0.1) is 11.3 Å². The Morgan fingerprint density at radius 2 is 2.00 bits per heavy atom. The Bertz CT molecular complexity index is 1170. The second-order valence-electron chi connectivity index (χ2n) is 7.01. The van der Waals surface area contributed by atoms with Crippen molar-refractivity contribution in [1.29, 1.82) is 0 Å². The molecule has 0 unspecified atom stereocenters. The van der Waals surface area contributed by atoms with Gasteiger partial charge in [-0.2, -0.15) is 5.10 Å². The Morgan fingerprint density at radius 3 is 2.73 bits per heavy atom. The minimum absolute atomic E-state index is 0.131. The first kappa shape index (κ1) is 22.9. The van der Waals surface area contributed by atoms with E-state index in [-0.39, 0.29) is 17.0 Å². The molecule has 11 nitrogen and oxygen atoms in total. The van der Waals surface area contributed by atoms with Gasteiger partial charge in [0.25, 0.3) is 11.8 Å². The Morgan fingerprint density at radius 1 is 1.24 bits per heavy atom. The number of amides is 2. The summed E-state index contributed by atoms with van der Waals surface area (Å²) in [7, 11) is 0. The molecule has 0 atom stereocenters. The molecule has 3 heterocycles. The second-order valence-corrected chi connectivity index (χ2v) is 8.24. The standard InChI is InChI=1S/C20H23N7O4S2/c1-2-31-14-5-3-13(4-6-14)17-23-25-19(32)27(17)11-16(28)22-24-18(29)15-12-33-20(21-15)26-7-9-30-10-8-26/h3-6,12H,2,7-11H2,1H3,(H,22,28)(H,24,29)(H,25,32). The molecule has 0 saturated carbocycles. The van der Waals surface area contributed by atoms with E-state index in [4.69, 9.17) is 21.7 Å². The number of aromatic nitrogens is 4. The third kappa shape index (κ3) is 5.56. The van der Waals surface area contributed by atoms with Gasteiger partial charge in [-0.05, 0) is 43.4 Å². The minimum atomic E-state index is -0.498.